The molecule has 49 heavy (non-hydrogen) atoms. The minimum absolute atomic E-state index is 0.00180. The number of piperidine rings is 1. The molecule has 0 radical (unpaired) electrons. The number of hydrogen-bond acceptors (Lipinski definition) is 9. The summed E-state index contributed by atoms with van der Waals surface area (Å²) in [5, 5.41) is 14.0. The topological polar surface area (TPSA) is 121 Å². The van der Waals surface area contributed by atoms with Crippen LogP contribution in [0.5, 0.6) is 0 Å². The van der Waals surface area contributed by atoms with Crippen molar-refractivity contribution >= 4 is 29.7 Å². The summed E-state index contributed by atoms with van der Waals surface area (Å²) < 4.78 is 31.7. The Balaban J connectivity index is 1.46. The number of likely N-dealkylation sites (N-methyl/N-ethyl adjacent to an activating group) is 1. The average molecular weight is 687 g/mol. The van der Waals surface area contributed by atoms with E-state index in [0.29, 0.717) is 68.3 Å². The summed E-state index contributed by atoms with van der Waals surface area (Å²) in [6, 6.07) is 4.75. The fraction of sp³-hybridized carbons (Fsp3) is 0.649. The first kappa shape index (κ1) is 38.3. The van der Waals surface area contributed by atoms with Crippen LogP contribution in [0.4, 0.5) is 14.9 Å². The fourth-order valence-corrected chi connectivity index (χ4v) is 6.64. The molecule has 2 N–H and O–H groups in total. The van der Waals surface area contributed by atoms with E-state index in [4.69, 9.17) is 14.2 Å². The lowest BCUT2D eigenvalue weighted by Gasteiger charge is -2.33. The lowest BCUT2D eigenvalue weighted by molar-refractivity contribution is -0.151. The van der Waals surface area contributed by atoms with Crippen LogP contribution in [0.1, 0.15) is 58.4 Å². The Morgan fingerprint density at radius 3 is 2.43 bits per heavy atom. The van der Waals surface area contributed by atoms with Gasteiger partial charge in [-0.25, -0.2) is 9.18 Å². The number of hydrogen-bond donors (Lipinski definition) is 2. The minimum atomic E-state index is -0.887. The van der Waals surface area contributed by atoms with Gasteiger partial charge in [-0.3, -0.25) is 9.59 Å². The van der Waals surface area contributed by atoms with Gasteiger partial charge in [-0.05, 0) is 86.9 Å². The predicted molar refractivity (Wildman–Crippen MR) is 186 cm³/mol. The summed E-state index contributed by atoms with van der Waals surface area (Å²) in [4.78, 5) is 43.8. The molecule has 0 spiro atoms. The Hall–Kier alpha value is -3.48. The number of nitrogens with zero attached hydrogens (tertiary/aromatic N) is 3. The molecule has 12 heteroatoms. The minimum Gasteiger partial charge on any atom is -0.457 e. The van der Waals surface area contributed by atoms with Gasteiger partial charge in [-0.1, -0.05) is 26.0 Å². The molecule has 11 nitrogen and oxygen atoms in total. The Kier molecular flexibility index (Phi) is 14.5. The molecule has 0 aliphatic carbocycles. The number of amides is 2. The number of aliphatic hydroxyl groups is 1. The number of nitrogens with one attached hydrogen (secondary N) is 1. The van der Waals surface area contributed by atoms with Crippen LogP contribution < -0.4 is 5.32 Å². The Labute approximate surface area is 290 Å². The van der Waals surface area contributed by atoms with Crippen molar-refractivity contribution in [1.82, 2.24) is 14.7 Å². The molecular weight excluding hydrogens is 631 g/mol. The average Bonchev–Trinajstić information content (AvgIpc) is 3.06. The van der Waals surface area contributed by atoms with Gasteiger partial charge >= 0.3 is 12.1 Å². The van der Waals surface area contributed by atoms with Gasteiger partial charge in [-0.2, -0.15) is 0 Å². The Bertz CT molecular complexity index is 1320. The third-order valence-electron chi connectivity index (χ3n) is 9.85. The molecule has 2 amide bonds. The first-order valence-corrected chi connectivity index (χ1v) is 17.6. The summed E-state index contributed by atoms with van der Waals surface area (Å²) in [5.74, 6) is -0.937. The second kappa shape index (κ2) is 18.5. The van der Waals surface area contributed by atoms with Gasteiger partial charge in [0.1, 0.15) is 24.6 Å². The number of carbonyl (C=O) groups excluding carboxylic acids is 3. The van der Waals surface area contributed by atoms with Gasteiger partial charge in [0.25, 0.3) is 0 Å². The van der Waals surface area contributed by atoms with Crippen LogP contribution >= 0.6 is 0 Å². The number of halogens is 1. The van der Waals surface area contributed by atoms with Crippen LogP contribution in [0.2, 0.25) is 0 Å². The zero-order valence-corrected chi connectivity index (χ0v) is 29.7. The van der Waals surface area contributed by atoms with E-state index in [0.717, 1.165) is 25.9 Å². The van der Waals surface area contributed by atoms with Crippen molar-refractivity contribution in [3.05, 3.63) is 47.3 Å². The van der Waals surface area contributed by atoms with E-state index in [2.05, 4.69) is 10.2 Å². The maximum absolute atomic E-state index is 14.8. The summed E-state index contributed by atoms with van der Waals surface area (Å²) in [6.07, 6.45) is 5.64. The highest BCUT2D eigenvalue weighted by molar-refractivity contribution is 5.77. The van der Waals surface area contributed by atoms with Crippen LogP contribution in [0, 0.1) is 23.6 Å². The number of likely N-dealkylation sites (tertiary alicyclic amines) is 1. The molecular formula is C37H55FN4O7. The quantitative estimate of drug-likeness (QED) is 0.300. The van der Waals surface area contributed by atoms with Gasteiger partial charge in [0.2, 0.25) is 5.91 Å². The molecule has 2 fully saturated rings. The summed E-state index contributed by atoms with van der Waals surface area (Å²) >= 11 is 0. The summed E-state index contributed by atoms with van der Waals surface area (Å²) in [7, 11) is 3.54. The highest BCUT2D eigenvalue weighted by Gasteiger charge is 2.29. The van der Waals surface area contributed by atoms with Crippen LogP contribution in [0.25, 0.3) is 6.08 Å². The number of benzene rings is 1. The van der Waals surface area contributed by atoms with E-state index in [1.54, 1.807) is 4.90 Å². The van der Waals surface area contributed by atoms with Crippen molar-refractivity contribution in [3.8, 4) is 0 Å². The zero-order valence-electron chi connectivity index (χ0n) is 29.7. The molecule has 3 aliphatic heterocycles. The van der Waals surface area contributed by atoms with Gasteiger partial charge in [0, 0.05) is 64.5 Å². The molecule has 5 atom stereocenters. The third-order valence-corrected chi connectivity index (χ3v) is 9.85. The van der Waals surface area contributed by atoms with Crippen LogP contribution in [0.3, 0.4) is 0 Å². The first-order valence-electron chi connectivity index (χ1n) is 17.6. The van der Waals surface area contributed by atoms with Gasteiger partial charge in [0.15, 0.2) is 0 Å². The number of anilines is 1. The molecule has 1 aromatic carbocycles. The Morgan fingerprint density at radius 2 is 1.73 bits per heavy atom. The van der Waals surface area contributed by atoms with Crippen molar-refractivity contribution in [2.75, 3.05) is 71.9 Å². The second-order valence-corrected chi connectivity index (χ2v) is 14.0. The Morgan fingerprint density at radius 1 is 1.02 bits per heavy atom. The SMILES string of the molecule is COCC(=O)N1CCC(CNc2cc(F)cc(/C=C(\C)[C@H]3OC(=O)C[C@@H](O)CC[C@@H](C)C(OC(=O)N4CCN(C)CC4)/C=C/[C@@H]3C)c2)CC1. The second-order valence-electron chi connectivity index (χ2n) is 14.0. The van der Waals surface area contributed by atoms with Gasteiger partial charge in [0.05, 0.1) is 12.5 Å². The molecule has 0 aromatic heterocycles. The molecule has 3 heterocycles. The lowest BCUT2D eigenvalue weighted by atomic mass is 9.91. The van der Waals surface area contributed by atoms with Crippen molar-refractivity contribution in [3.63, 3.8) is 0 Å². The molecule has 3 aliphatic rings. The molecule has 272 valence electrons. The maximum atomic E-state index is 14.8. The monoisotopic (exact) mass is 686 g/mol. The van der Waals surface area contributed by atoms with Crippen LogP contribution in [-0.2, 0) is 23.8 Å². The van der Waals surface area contributed by atoms with Crippen LogP contribution in [0.15, 0.2) is 35.9 Å². The standard InChI is InChI=1S/C37H55FN4O7/c1-25-6-8-32(43)22-35(45)49-36(26(2)7-9-33(25)48-37(46)42-16-14-40(4)15-17-42)27(3)18-29-19-30(38)21-31(20-29)39-23-28-10-12-41(13-11-28)34(44)24-47-5/h7,9,18-21,25-26,28,32-33,36,39,43H,6,8,10-17,22-24H2,1-5H3/b9-7+,27-18+/t25-,26+,32+,33?,36+/m1/s1. The van der Waals surface area contributed by atoms with Gasteiger partial charge < -0.3 is 39.3 Å². The van der Waals surface area contributed by atoms with Crippen LogP contribution in [-0.4, -0.2) is 123 Å². The summed E-state index contributed by atoms with van der Waals surface area (Å²) in [5.41, 5.74) is 1.97. The lowest BCUT2D eigenvalue weighted by Crippen LogP contribution is -2.48. The number of cyclic esters (lactones) is 1. The number of carbonyl (C=O) groups is 3. The molecule has 2 saturated heterocycles. The summed E-state index contributed by atoms with van der Waals surface area (Å²) in [6.45, 7) is 10.6. The van der Waals surface area contributed by atoms with E-state index in [1.807, 2.05) is 57.0 Å². The van der Waals surface area contributed by atoms with E-state index in [-0.39, 0.29) is 36.9 Å². The number of esters is 1. The van der Waals surface area contributed by atoms with Crippen molar-refractivity contribution < 1.29 is 38.1 Å². The number of rotatable bonds is 8. The maximum Gasteiger partial charge on any atom is 0.410 e. The van der Waals surface area contributed by atoms with Crippen molar-refractivity contribution in [2.24, 2.45) is 17.8 Å². The highest BCUT2D eigenvalue weighted by Crippen LogP contribution is 2.27. The predicted octanol–water partition coefficient (Wildman–Crippen LogP) is 4.56. The molecule has 4 rings (SSSR count). The van der Waals surface area contributed by atoms with E-state index >= 15 is 0 Å². The highest BCUT2D eigenvalue weighted by atomic mass is 19.1. The number of ether oxygens (including phenoxy) is 3. The third kappa shape index (κ3) is 11.8. The molecule has 1 unspecified atom stereocenters. The smallest absolute Gasteiger partial charge is 0.410 e. The number of piperazine rings is 1. The fourth-order valence-electron chi connectivity index (χ4n) is 6.64. The van der Waals surface area contributed by atoms with Gasteiger partial charge in [-0.15, -0.1) is 0 Å². The van der Waals surface area contributed by atoms with E-state index in [9.17, 15) is 23.9 Å². The largest absolute Gasteiger partial charge is 0.457 e. The normalized spacial score (nSPS) is 27.4. The zero-order chi connectivity index (χ0) is 35.5. The number of methoxy groups -OCH3 is 1. The van der Waals surface area contributed by atoms with E-state index in [1.165, 1.54) is 19.2 Å². The van der Waals surface area contributed by atoms with E-state index < -0.39 is 30.1 Å². The molecule has 0 bridgehead atoms. The number of aliphatic hydroxyl groups excluding tert-OH is 1. The first-order chi connectivity index (χ1) is 23.4. The molecule has 1 aromatic rings. The van der Waals surface area contributed by atoms with Crippen molar-refractivity contribution in [1.29, 1.82) is 0 Å². The van der Waals surface area contributed by atoms with Crippen molar-refractivity contribution in [2.45, 2.75) is 71.2 Å². The molecule has 0 saturated carbocycles.